The third-order valence-corrected chi connectivity index (χ3v) is 6.25. The Bertz CT molecular complexity index is 999. The van der Waals surface area contributed by atoms with Crippen LogP contribution in [-0.2, 0) is 47.7 Å². The van der Waals surface area contributed by atoms with Gasteiger partial charge in [-0.25, -0.2) is 9.59 Å². The predicted octanol–water partition coefficient (Wildman–Crippen LogP) is 2.39. The average Bonchev–Trinajstić information content (AvgIpc) is 2.87. The van der Waals surface area contributed by atoms with E-state index in [0.29, 0.717) is 0 Å². The number of carbonyl (C=O) groups is 3. The van der Waals surface area contributed by atoms with Crippen molar-refractivity contribution in [1.82, 2.24) is 0 Å². The fraction of sp³-hybridized carbons (Fsp3) is 0.100. The fourth-order valence-electron chi connectivity index (χ4n) is 2.08. The molecule has 0 aliphatic rings. The zero-order valence-corrected chi connectivity index (χ0v) is 26.4. The van der Waals surface area contributed by atoms with Crippen LogP contribution in [0.3, 0.4) is 0 Å². The smallest absolute Gasteiger partial charge is 0.330 e. The minimum atomic E-state index is -1.19. The summed E-state index contributed by atoms with van der Waals surface area (Å²) in [7, 11) is -0.0146. The molecule has 0 saturated carbocycles. The second-order valence-corrected chi connectivity index (χ2v) is 9.51. The second-order valence-electron chi connectivity index (χ2n) is 7.48. The maximum atomic E-state index is 9.60. The number of hydrogen-bond donors (Lipinski definition) is 2. The topological polar surface area (TPSA) is 115 Å². The van der Waals surface area contributed by atoms with Crippen LogP contribution in [0.2, 0.25) is 0 Å². The van der Waals surface area contributed by atoms with Crippen LogP contribution in [0.4, 0.5) is 0 Å². The van der Waals surface area contributed by atoms with Crippen molar-refractivity contribution < 1.29 is 76.1 Å². The molecule has 0 amide bonds. The van der Waals surface area contributed by atoms with Crippen molar-refractivity contribution in [3.05, 3.63) is 127 Å². The Morgan fingerprint density at radius 1 is 0.590 bits per heavy atom. The molecule has 6 nitrogen and oxygen atoms in total. The van der Waals surface area contributed by atoms with E-state index in [9.17, 15) is 19.5 Å². The van der Waals surface area contributed by atoms with Crippen molar-refractivity contribution in [2.24, 2.45) is 0 Å². The molecule has 3 aromatic rings. The van der Waals surface area contributed by atoms with Crippen LogP contribution in [-0.4, -0.2) is 28.1 Å². The average molecular weight is 755 g/mol. The molecule has 0 bridgehead atoms. The van der Waals surface area contributed by atoms with Crippen molar-refractivity contribution in [1.29, 1.82) is 0 Å². The quantitative estimate of drug-likeness (QED) is 0.173. The van der Waals surface area contributed by atoms with E-state index < -0.39 is 17.9 Å². The molecule has 3 rings (SSSR count). The normalized spacial score (nSPS) is 8.62. The molecule has 0 atom stereocenters. The van der Waals surface area contributed by atoms with E-state index in [1.165, 1.54) is 35.5 Å². The van der Waals surface area contributed by atoms with Crippen molar-refractivity contribution >= 4 is 28.8 Å². The van der Waals surface area contributed by atoms with Crippen molar-refractivity contribution in [2.45, 2.75) is 35.5 Å². The molecule has 3 aromatic carbocycles. The molecule has 0 spiro atoms. The monoisotopic (exact) mass is 754 g/mol. The van der Waals surface area contributed by atoms with Gasteiger partial charge in [0.1, 0.15) is 0 Å². The Balaban J connectivity index is -0.000000542. The van der Waals surface area contributed by atoms with E-state index in [1.54, 1.807) is 0 Å². The largest absolute Gasteiger partial charge is 1.00 e. The first-order chi connectivity index (χ1) is 17.4. The van der Waals surface area contributed by atoms with Crippen molar-refractivity contribution in [3.8, 4) is 0 Å². The molecule has 0 fully saturated rings. The van der Waals surface area contributed by atoms with Gasteiger partial charge in [0.15, 0.2) is 14.7 Å². The summed E-state index contributed by atoms with van der Waals surface area (Å²) in [6, 6.07) is 32.2. The summed E-state index contributed by atoms with van der Waals surface area (Å²) in [4.78, 5) is 32.8. The molecule has 2 N–H and O–H groups in total. The Morgan fingerprint density at radius 2 is 0.769 bits per heavy atom. The zero-order chi connectivity index (χ0) is 28.4. The predicted molar refractivity (Wildman–Crippen MR) is 146 cm³/mol. The van der Waals surface area contributed by atoms with Gasteiger partial charge in [0, 0.05) is 33.5 Å². The standard InChI is InChI=1S/C18H15S.3C4H6O2.Ag.HI/c1-4-10-16(11-5-1)19(17-12-6-2-7-13-17)18-14-8-3-9-15-18;3*1-3(2)4(5)6;;/h1-15H;3*1H2,2H3,(H,5,6);;1H/q+1;;;;;/p-2. The van der Waals surface area contributed by atoms with Gasteiger partial charge in [0.2, 0.25) is 0 Å². The Morgan fingerprint density at radius 3 is 0.897 bits per heavy atom. The number of halogens is 1. The summed E-state index contributed by atoms with van der Waals surface area (Å²) in [5.41, 5.74) is 0.417. The van der Waals surface area contributed by atoms with Gasteiger partial charge in [-0.15, -0.1) is 0 Å². The van der Waals surface area contributed by atoms with Crippen LogP contribution in [0.1, 0.15) is 20.8 Å². The molecule has 39 heavy (non-hydrogen) atoms. The summed E-state index contributed by atoms with van der Waals surface area (Å²) in [5, 5.41) is 25.3. The number of carboxylic acid groups (broad SMARTS) is 3. The maximum absolute atomic E-state index is 9.60. The molecule has 0 heterocycles. The molecular formula is C30H32AgIO6S-. The van der Waals surface area contributed by atoms with Crippen LogP contribution in [0, 0.1) is 0 Å². The summed E-state index contributed by atoms with van der Waals surface area (Å²) < 4.78 is 0. The first kappa shape index (κ1) is 40.6. The van der Waals surface area contributed by atoms with Crippen LogP contribution in [0.15, 0.2) is 142 Å². The molecule has 0 aromatic heterocycles. The van der Waals surface area contributed by atoms with E-state index in [-0.39, 0.29) is 74.0 Å². The van der Waals surface area contributed by atoms with Crippen LogP contribution in [0.25, 0.3) is 0 Å². The summed E-state index contributed by atoms with van der Waals surface area (Å²) in [6.45, 7) is 13.7. The fourth-order valence-corrected chi connectivity index (χ4v) is 4.18. The van der Waals surface area contributed by atoms with Crippen molar-refractivity contribution in [2.75, 3.05) is 0 Å². The van der Waals surface area contributed by atoms with Gasteiger partial charge in [-0.05, 0) is 62.7 Å². The summed E-state index contributed by atoms with van der Waals surface area (Å²) in [5.74, 6) is -3.06. The van der Waals surface area contributed by atoms with Gasteiger partial charge < -0.3 is 44.1 Å². The molecule has 1 radical (unpaired) electrons. The van der Waals surface area contributed by atoms with Gasteiger partial charge in [-0.1, -0.05) is 74.3 Å². The molecule has 0 saturated heterocycles. The van der Waals surface area contributed by atoms with E-state index >= 15 is 0 Å². The minimum absolute atomic E-state index is 0. The third-order valence-electron chi connectivity index (χ3n) is 4.02. The SMILES string of the molecule is C=C(C)C(=O)O.C=C(C)C(=O)O.C=C(C)C(=O)[O-].[Ag].[I-].c1ccc([S+](c2ccccc2)c2ccccc2)cc1. The van der Waals surface area contributed by atoms with Crippen LogP contribution in [0.5, 0.6) is 0 Å². The number of benzene rings is 3. The Labute approximate surface area is 266 Å². The van der Waals surface area contributed by atoms with E-state index in [0.717, 1.165) is 0 Å². The van der Waals surface area contributed by atoms with Crippen molar-refractivity contribution in [3.63, 3.8) is 0 Å². The Hall–Kier alpha value is -2.89. The number of carboxylic acids is 3. The number of carbonyl (C=O) groups excluding carboxylic acids is 1. The van der Waals surface area contributed by atoms with Gasteiger partial charge in [-0.2, -0.15) is 0 Å². The second kappa shape index (κ2) is 23.0. The van der Waals surface area contributed by atoms with Gasteiger partial charge in [0.05, 0.1) is 16.9 Å². The van der Waals surface area contributed by atoms with E-state index in [1.807, 2.05) is 0 Å². The maximum Gasteiger partial charge on any atom is 0.330 e. The van der Waals surface area contributed by atoms with E-state index in [4.69, 9.17) is 10.2 Å². The minimum Gasteiger partial charge on any atom is -1.00 e. The van der Waals surface area contributed by atoms with Gasteiger partial charge in [-0.3, -0.25) is 0 Å². The first-order valence-electron chi connectivity index (χ1n) is 10.9. The summed E-state index contributed by atoms with van der Waals surface area (Å²) in [6.07, 6.45) is 0. The molecule has 213 valence electrons. The number of hydrogen-bond acceptors (Lipinski definition) is 4. The molecule has 0 aliphatic carbocycles. The first-order valence-corrected chi connectivity index (χ1v) is 12.1. The summed E-state index contributed by atoms with van der Waals surface area (Å²) >= 11 is 0. The molecule has 0 aliphatic heterocycles. The van der Waals surface area contributed by atoms with Gasteiger partial charge in [0.25, 0.3) is 0 Å². The molecule has 0 unspecified atom stereocenters. The third kappa shape index (κ3) is 18.9. The van der Waals surface area contributed by atoms with E-state index in [2.05, 4.69) is 111 Å². The molecular weight excluding hydrogens is 723 g/mol. The zero-order valence-electron chi connectivity index (χ0n) is 21.9. The number of rotatable bonds is 6. The molecule has 9 heteroatoms. The van der Waals surface area contributed by atoms with Crippen LogP contribution >= 0.6 is 0 Å². The number of aliphatic carboxylic acids is 3. The van der Waals surface area contributed by atoms with Crippen LogP contribution < -0.4 is 29.1 Å². The Kier molecular flexibility index (Phi) is 24.0. The van der Waals surface area contributed by atoms with Gasteiger partial charge >= 0.3 is 11.9 Å².